The predicted molar refractivity (Wildman–Crippen MR) is 70.4 cm³/mol. The summed E-state index contributed by atoms with van der Waals surface area (Å²) >= 11 is 0. The number of hydrogen-bond donors (Lipinski definition) is 1. The van der Waals surface area contributed by atoms with Gasteiger partial charge in [0.05, 0.1) is 11.4 Å². The standard InChI is InChI=1S/C13H22N4/c1-4-17(9-12-6-5-7-14-12)13-11(3)15-8-10(2)16-13/h8,12,14H,4-7,9H2,1-3H3. The van der Waals surface area contributed by atoms with Crippen molar-refractivity contribution in [3.63, 3.8) is 0 Å². The lowest BCUT2D eigenvalue weighted by molar-refractivity contribution is 0.582. The van der Waals surface area contributed by atoms with E-state index in [1.54, 1.807) is 0 Å². The lowest BCUT2D eigenvalue weighted by Crippen LogP contribution is -2.38. The molecule has 0 radical (unpaired) electrons. The molecule has 0 aliphatic carbocycles. The van der Waals surface area contributed by atoms with E-state index in [0.29, 0.717) is 6.04 Å². The quantitative estimate of drug-likeness (QED) is 0.860. The first kappa shape index (κ1) is 12.3. The average Bonchev–Trinajstić information content (AvgIpc) is 2.82. The second kappa shape index (κ2) is 5.45. The van der Waals surface area contributed by atoms with Crippen molar-refractivity contribution in [2.45, 2.75) is 39.7 Å². The summed E-state index contributed by atoms with van der Waals surface area (Å²) in [5.74, 6) is 1.04. The Morgan fingerprint density at radius 1 is 1.47 bits per heavy atom. The van der Waals surface area contributed by atoms with Gasteiger partial charge in [-0.2, -0.15) is 0 Å². The van der Waals surface area contributed by atoms with Crippen LogP contribution in [0.15, 0.2) is 6.20 Å². The van der Waals surface area contributed by atoms with Gasteiger partial charge in [-0.3, -0.25) is 4.98 Å². The van der Waals surface area contributed by atoms with Crippen LogP contribution >= 0.6 is 0 Å². The predicted octanol–water partition coefficient (Wildman–Crippen LogP) is 1.67. The van der Waals surface area contributed by atoms with Crippen LogP contribution in [0.5, 0.6) is 0 Å². The monoisotopic (exact) mass is 234 g/mol. The smallest absolute Gasteiger partial charge is 0.150 e. The number of anilines is 1. The lowest BCUT2D eigenvalue weighted by Gasteiger charge is -2.26. The lowest BCUT2D eigenvalue weighted by atomic mass is 10.2. The van der Waals surface area contributed by atoms with Crippen LogP contribution in [0.1, 0.15) is 31.2 Å². The molecule has 1 aromatic heterocycles. The van der Waals surface area contributed by atoms with E-state index in [-0.39, 0.29) is 0 Å². The summed E-state index contributed by atoms with van der Waals surface area (Å²) in [6.07, 6.45) is 4.40. The molecule has 1 saturated heterocycles. The summed E-state index contributed by atoms with van der Waals surface area (Å²) in [5, 5.41) is 3.54. The number of likely N-dealkylation sites (N-methyl/N-ethyl adjacent to an activating group) is 1. The van der Waals surface area contributed by atoms with Crippen molar-refractivity contribution in [1.29, 1.82) is 0 Å². The van der Waals surface area contributed by atoms with Gasteiger partial charge >= 0.3 is 0 Å². The Kier molecular flexibility index (Phi) is 3.94. The third kappa shape index (κ3) is 2.94. The summed E-state index contributed by atoms with van der Waals surface area (Å²) in [6.45, 7) is 9.38. The van der Waals surface area contributed by atoms with Crippen LogP contribution in [0.3, 0.4) is 0 Å². The van der Waals surface area contributed by atoms with Crippen LogP contribution in [0, 0.1) is 13.8 Å². The molecular formula is C13H22N4. The highest BCUT2D eigenvalue weighted by atomic mass is 15.2. The maximum atomic E-state index is 4.62. The van der Waals surface area contributed by atoms with E-state index in [0.717, 1.165) is 36.8 Å². The Labute approximate surface area is 103 Å². The third-order valence-electron chi connectivity index (χ3n) is 3.34. The van der Waals surface area contributed by atoms with Crippen molar-refractivity contribution in [3.05, 3.63) is 17.6 Å². The molecule has 2 heterocycles. The van der Waals surface area contributed by atoms with Gasteiger partial charge in [0.1, 0.15) is 5.82 Å². The second-order valence-electron chi connectivity index (χ2n) is 4.75. The van der Waals surface area contributed by atoms with E-state index >= 15 is 0 Å². The van der Waals surface area contributed by atoms with Gasteiger partial charge in [-0.1, -0.05) is 0 Å². The largest absolute Gasteiger partial charge is 0.354 e. The van der Waals surface area contributed by atoms with E-state index < -0.39 is 0 Å². The molecule has 1 aliphatic rings. The number of hydrogen-bond acceptors (Lipinski definition) is 4. The molecule has 0 saturated carbocycles. The number of nitrogens with zero attached hydrogens (tertiary/aromatic N) is 3. The van der Waals surface area contributed by atoms with Crippen LogP contribution in [0.4, 0.5) is 5.82 Å². The Balaban J connectivity index is 2.13. The summed E-state index contributed by atoms with van der Waals surface area (Å²) < 4.78 is 0. The van der Waals surface area contributed by atoms with Gasteiger partial charge < -0.3 is 10.2 Å². The van der Waals surface area contributed by atoms with Gasteiger partial charge in [-0.05, 0) is 40.2 Å². The summed E-state index contributed by atoms with van der Waals surface area (Å²) in [7, 11) is 0. The Hall–Kier alpha value is -1.16. The van der Waals surface area contributed by atoms with Crippen molar-refractivity contribution in [3.8, 4) is 0 Å². The fraction of sp³-hybridized carbons (Fsp3) is 0.692. The molecular weight excluding hydrogens is 212 g/mol. The van der Waals surface area contributed by atoms with Crippen LogP contribution in [-0.2, 0) is 0 Å². The Bertz CT molecular complexity index is 372. The molecule has 0 amide bonds. The third-order valence-corrected chi connectivity index (χ3v) is 3.34. The number of aryl methyl sites for hydroxylation is 2. The first-order chi connectivity index (χ1) is 8.20. The molecule has 0 aromatic carbocycles. The van der Waals surface area contributed by atoms with Gasteiger partial charge in [0.2, 0.25) is 0 Å². The van der Waals surface area contributed by atoms with Crippen molar-refractivity contribution in [2.75, 3.05) is 24.5 Å². The number of rotatable bonds is 4. The Morgan fingerprint density at radius 3 is 2.94 bits per heavy atom. The molecule has 1 N–H and O–H groups in total. The SMILES string of the molecule is CCN(CC1CCCN1)c1nc(C)cnc1C. The van der Waals surface area contributed by atoms with Gasteiger partial charge in [-0.15, -0.1) is 0 Å². The van der Waals surface area contributed by atoms with Crippen molar-refractivity contribution in [1.82, 2.24) is 15.3 Å². The van der Waals surface area contributed by atoms with Crippen LogP contribution in [0.25, 0.3) is 0 Å². The zero-order valence-electron chi connectivity index (χ0n) is 11.0. The first-order valence-electron chi connectivity index (χ1n) is 6.49. The summed E-state index contributed by atoms with van der Waals surface area (Å²) in [5.41, 5.74) is 2.01. The molecule has 2 rings (SSSR count). The van der Waals surface area contributed by atoms with E-state index in [4.69, 9.17) is 0 Å². The van der Waals surface area contributed by atoms with Crippen LogP contribution in [0.2, 0.25) is 0 Å². The summed E-state index contributed by atoms with van der Waals surface area (Å²) in [6, 6.07) is 0.608. The molecule has 0 bridgehead atoms. The zero-order valence-corrected chi connectivity index (χ0v) is 11.0. The van der Waals surface area contributed by atoms with E-state index in [1.807, 2.05) is 20.0 Å². The maximum Gasteiger partial charge on any atom is 0.150 e. The molecule has 1 aliphatic heterocycles. The minimum absolute atomic E-state index is 0.608. The highest BCUT2D eigenvalue weighted by Gasteiger charge is 2.19. The van der Waals surface area contributed by atoms with E-state index in [2.05, 4.69) is 27.1 Å². The molecule has 94 valence electrons. The first-order valence-corrected chi connectivity index (χ1v) is 6.49. The van der Waals surface area contributed by atoms with Crippen molar-refractivity contribution >= 4 is 5.82 Å². The molecule has 1 fully saturated rings. The minimum atomic E-state index is 0.608. The van der Waals surface area contributed by atoms with Crippen LogP contribution < -0.4 is 10.2 Å². The van der Waals surface area contributed by atoms with Gasteiger partial charge in [-0.25, -0.2) is 4.98 Å². The van der Waals surface area contributed by atoms with E-state index in [1.165, 1.54) is 12.8 Å². The van der Waals surface area contributed by atoms with Crippen LogP contribution in [-0.4, -0.2) is 35.6 Å². The molecule has 1 aromatic rings. The second-order valence-corrected chi connectivity index (χ2v) is 4.75. The van der Waals surface area contributed by atoms with Crippen molar-refractivity contribution in [2.24, 2.45) is 0 Å². The van der Waals surface area contributed by atoms with Gasteiger partial charge in [0, 0.05) is 25.3 Å². The van der Waals surface area contributed by atoms with Gasteiger partial charge in [0.15, 0.2) is 0 Å². The number of aromatic nitrogens is 2. The molecule has 17 heavy (non-hydrogen) atoms. The summed E-state index contributed by atoms with van der Waals surface area (Å²) in [4.78, 5) is 11.4. The molecule has 4 heteroatoms. The topological polar surface area (TPSA) is 41.0 Å². The highest BCUT2D eigenvalue weighted by molar-refractivity contribution is 5.43. The highest BCUT2D eigenvalue weighted by Crippen LogP contribution is 2.17. The molecule has 0 spiro atoms. The van der Waals surface area contributed by atoms with Gasteiger partial charge in [0.25, 0.3) is 0 Å². The molecule has 1 atom stereocenters. The Morgan fingerprint density at radius 2 is 2.29 bits per heavy atom. The normalized spacial score (nSPS) is 19.6. The zero-order chi connectivity index (χ0) is 12.3. The fourth-order valence-corrected chi connectivity index (χ4v) is 2.37. The van der Waals surface area contributed by atoms with E-state index in [9.17, 15) is 0 Å². The average molecular weight is 234 g/mol. The van der Waals surface area contributed by atoms with Crippen molar-refractivity contribution < 1.29 is 0 Å². The minimum Gasteiger partial charge on any atom is -0.354 e. The maximum absolute atomic E-state index is 4.62. The molecule has 1 unspecified atom stereocenters. The molecule has 4 nitrogen and oxygen atoms in total. The number of nitrogens with one attached hydrogen (secondary N) is 1. The fourth-order valence-electron chi connectivity index (χ4n) is 2.37.